The number of ether oxygens (including phenoxy) is 2. The van der Waals surface area contributed by atoms with E-state index >= 15 is 0 Å². The van der Waals surface area contributed by atoms with Gasteiger partial charge in [-0.25, -0.2) is 5.43 Å². The molecule has 0 fully saturated rings. The molecule has 136 valence electrons. The lowest BCUT2D eigenvalue weighted by Crippen LogP contribution is -2.32. The van der Waals surface area contributed by atoms with Gasteiger partial charge in [0.25, 0.3) is 0 Å². The summed E-state index contributed by atoms with van der Waals surface area (Å²) in [5.41, 5.74) is 4.47. The van der Waals surface area contributed by atoms with Gasteiger partial charge in [0, 0.05) is 11.3 Å². The average molecular weight is 355 g/mol. The summed E-state index contributed by atoms with van der Waals surface area (Å²) in [4.78, 5) is 23.7. The van der Waals surface area contributed by atoms with Crippen LogP contribution in [0.15, 0.2) is 47.6 Å². The number of anilines is 1. The molecule has 7 heteroatoms. The van der Waals surface area contributed by atoms with Gasteiger partial charge >= 0.3 is 11.8 Å². The molecule has 0 spiro atoms. The predicted octanol–water partition coefficient (Wildman–Crippen LogP) is 2.36. The number of aryl methyl sites for hydroxylation is 1. The van der Waals surface area contributed by atoms with E-state index in [0.717, 1.165) is 12.0 Å². The zero-order valence-electron chi connectivity index (χ0n) is 14.9. The molecule has 0 bridgehead atoms. The summed E-state index contributed by atoms with van der Waals surface area (Å²) in [6, 6.07) is 12.4. The number of methoxy groups -OCH3 is 2. The molecule has 2 aromatic rings. The van der Waals surface area contributed by atoms with Crippen molar-refractivity contribution in [2.45, 2.75) is 13.3 Å². The van der Waals surface area contributed by atoms with Crippen molar-refractivity contribution in [1.29, 1.82) is 0 Å². The third-order valence-corrected chi connectivity index (χ3v) is 3.63. The Morgan fingerprint density at radius 3 is 2.38 bits per heavy atom. The van der Waals surface area contributed by atoms with Gasteiger partial charge in [-0.3, -0.25) is 9.59 Å². The number of amides is 2. The normalized spacial score (nSPS) is 10.4. The summed E-state index contributed by atoms with van der Waals surface area (Å²) in [6.07, 6.45) is 2.28. The van der Waals surface area contributed by atoms with Crippen LogP contribution < -0.4 is 20.2 Å². The van der Waals surface area contributed by atoms with E-state index < -0.39 is 11.8 Å². The maximum Gasteiger partial charge on any atom is 0.329 e. The molecular formula is C19H21N3O4. The third kappa shape index (κ3) is 5.07. The Bertz CT molecular complexity index is 801. The second kappa shape index (κ2) is 9.22. The number of nitrogens with one attached hydrogen (secondary N) is 2. The first kappa shape index (κ1) is 19.0. The van der Waals surface area contributed by atoms with Crippen LogP contribution in [0.5, 0.6) is 11.5 Å². The topological polar surface area (TPSA) is 89.0 Å². The Kier molecular flexibility index (Phi) is 6.73. The van der Waals surface area contributed by atoms with Crippen molar-refractivity contribution in [1.82, 2.24) is 5.43 Å². The second-order valence-electron chi connectivity index (χ2n) is 5.31. The standard InChI is InChI=1S/C19H21N3O4/c1-4-13-5-7-15(8-6-13)21-18(23)19(24)22-20-12-14-11-16(25-2)9-10-17(14)26-3/h5-12H,4H2,1-3H3,(H,21,23)(H,22,24)/b20-12-. The first-order chi connectivity index (χ1) is 12.6. The van der Waals surface area contributed by atoms with E-state index in [0.29, 0.717) is 22.7 Å². The summed E-state index contributed by atoms with van der Waals surface area (Å²) >= 11 is 0. The van der Waals surface area contributed by atoms with Gasteiger partial charge in [0.2, 0.25) is 0 Å². The molecule has 7 nitrogen and oxygen atoms in total. The van der Waals surface area contributed by atoms with Crippen LogP contribution in [-0.4, -0.2) is 32.2 Å². The molecule has 0 saturated carbocycles. The van der Waals surface area contributed by atoms with Crippen LogP contribution in [0.25, 0.3) is 0 Å². The maximum absolute atomic E-state index is 11.9. The Morgan fingerprint density at radius 2 is 1.77 bits per heavy atom. The molecule has 0 atom stereocenters. The summed E-state index contributed by atoms with van der Waals surface area (Å²) in [5.74, 6) is -0.497. The lowest BCUT2D eigenvalue weighted by Gasteiger charge is -2.07. The molecule has 0 aliphatic rings. The van der Waals surface area contributed by atoms with Crippen molar-refractivity contribution in [3.05, 3.63) is 53.6 Å². The minimum atomic E-state index is -0.873. The molecule has 0 saturated heterocycles. The van der Waals surface area contributed by atoms with Crippen molar-refractivity contribution in [2.24, 2.45) is 5.10 Å². The fourth-order valence-electron chi connectivity index (χ4n) is 2.16. The summed E-state index contributed by atoms with van der Waals surface area (Å²) in [6.45, 7) is 2.04. The van der Waals surface area contributed by atoms with Crippen LogP contribution in [0, 0.1) is 0 Å². The van der Waals surface area contributed by atoms with E-state index in [2.05, 4.69) is 15.8 Å². The van der Waals surface area contributed by atoms with Gasteiger partial charge in [0.15, 0.2) is 0 Å². The number of hydrazone groups is 1. The summed E-state index contributed by atoms with van der Waals surface area (Å²) in [5, 5.41) is 6.31. The summed E-state index contributed by atoms with van der Waals surface area (Å²) in [7, 11) is 3.07. The molecule has 0 unspecified atom stereocenters. The number of nitrogens with zero attached hydrogens (tertiary/aromatic N) is 1. The molecule has 0 heterocycles. The lowest BCUT2D eigenvalue weighted by atomic mass is 10.1. The fraction of sp³-hybridized carbons (Fsp3) is 0.211. The van der Waals surface area contributed by atoms with Gasteiger partial charge in [-0.05, 0) is 42.3 Å². The van der Waals surface area contributed by atoms with Gasteiger partial charge in [-0.1, -0.05) is 19.1 Å². The molecule has 0 aliphatic heterocycles. The quantitative estimate of drug-likeness (QED) is 0.473. The van der Waals surface area contributed by atoms with Crippen LogP contribution in [0.3, 0.4) is 0 Å². The number of rotatable bonds is 6. The first-order valence-corrected chi connectivity index (χ1v) is 8.02. The molecule has 2 aromatic carbocycles. The van der Waals surface area contributed by atoms with E-state index in [1.165, 1.54) is 13.3 Å². The molecule has 2 amide bonds. The van der Waals surface area contributed by atoms with Crippen molar-refractivity contribution in [3.63, 3.8) is 0 Å². The highest BCUT2D eigenvalue weighted by molar-refractivity contribution is 6.39. The molecule has 0 aromatic heterocycles. The monoisotopic (exact) mass is 355 g/mol. The molecule has 26 heavy (non-hydrogen) atoms. The van der Waals surface area contributed by atoms with Crippen LogP contribution in [0.2, 0.25) is 0 Å². The Labute approximate surface area is 152 Å². The highest BCUT2D eigenvalue weighted by Gasteiger charge is 2.13. The Hall–Kier alpha value is -3.35. The summed E-state index contributed by atoms with van der Waals surface area (Å²) < 4.78 is 10.3. The number of hydrogen-bond acceptors (Lipinski definition) is 5. The van der Waals surface area contributed by atoms with E-state index in [1.54, 1.807) is 37.4 Å². The number of benzene rings is 2. The van der Waals surface area contributed by atoms with Gasteiger partial charge in [0.1, 0.15) is 11.5 Å². The van der Waals surface area contributed by atoms with E-state index in [1.807, 2.05) is 19.1 Å². The van der Waals surface area contributed by atoms with Gasteiger partial charge in [-0.2, -0.15) is 5.10 Å². The van der Waals surface area contributed by atoms with Crippen LogP contribution in [-0.2, 0) is 16.0 Å². The van der Waals surface area contributed by atoms with Crippen molar-refractivity contribution in [2.75, 3.05) is 19.5 Å². The van der Waals surface area contributed by atoms with E-state index in [9.17, 15) is 9.59 Å². The Balaban J connectivity index is 1.96. The van der Waals surface area contributed by atoms with Crippen molar-refractivity contribution < 1.29 is 19.1 Å². The maximum atomic E-state index is 11.9. The third-order valence-electron chi connectivity index (χ3n) is 3.63. The minimum Gasteiger partial charge on any atom is -0.497 e. The largest absolute Gasteiger partial charge is 0.497 e. The van der Waals surface area contributed by atoms with Crippen LogP contribution >= 0.6 is 0 Å². The number of carbonyl (C=O) groups is 2. The Morgan fingerprint density at radius 1 is 1.04 bits per heavy atom. The van der Waals surface area contributed by atoms with Crippen LogP contribution in [0.1, 0.15) is 18.1 Å². The van der Waals surface area contributed by atoms with Crippen molar-refractivity contribution >= 4 is 23.7 Å². The van der Waals surface area contributed by atoms with Gasteiger partial charge < -0.3 is 14.8 Å². The van der Waals surface area contributed by atoms with Crippen LogP contribution in [0.4, 0.5) is 5.69 Å². The second-order valence-corrected chi connectivity index (χ2v) is 5.31. The molecule has 0 radical (unpaired) electrons. The molecular weight excluding hydrogens is 334 g/mol. The van der Waals surface area contributed by atoms with Gasteiger partial charge in [0.05, 0.1) is 20.4 Å². The van der Waals surface area contributed by atoms with Gasteiger partial charge in [-0.15, -0.1) is 0 Å². The zero-order chi connectivity index (χ0) is 18.9. The molecule has 0 aliphatic carbocycles. The zero-order valence-corrected chi connectivity index (χ0v) is 14.9. The lowest BCUT2D eigenvalue weighted by molar-refractivity contribution is -0.136. The minimum absolute atomic E-state index is 0.542. The highest BCUT2D eigenvalue weighted by atomic mass is 16.5. The van der Waals surface area contributed by atoms with E-state index in [4.69, 9.17) is 9.47 Å². The van der Waals surface area contributed by atoms with Crippen molar-refractivity contribution in [3.8, 4) is 11.5 Å². The predicted molar refractivity (Wildman–Crippen MR) is 99.7 cm³/mol. The smallest absolute Gasteiger partial charge is 0.329 e. The number of carbonyl (C=O) groups excluding carboxylic acids is 2. The SMILES string of the molecule is CCc1ccc(NC(=O)C(=O)N/N=C\c2cc(OC)ccc2OC)cc1. The fourth-order valence-corrected chi connectivity index (χ4v) is 2.16. The average Bonchev–Trinajstić information content (AvgIpc) is 2.68. The number of hydrogen-bond donors (Lipinski definition) is 2. The molecule has 2 N–H and O–H groups in total. The molecule has 2 rings (SSSR count). The first-order valence-electron chi connectivity index (χ1n) is 8.02. The highest BCUT2D eigenvalue weighted by Crippen LogP contribution is 2.22. The van der Waals surface area contributed by atoms with E-state index in [-0.39, 0.29) is 0 Å².